The van der Waals surface area contributed by atoms with E-state index in [9.17, 15) is 4.79 Å². The lowest BCUT2D eigenvalue weighted by Gasteiger charge is -2.12. The number of nitrogens with one attached hydrogen (secondary N) is 1. The van der Waals surface area contributed by atoms with Crippen molar-refractivity contribution in [2.24, 2.45) is 0 Å². The van der Waals surface area contributed by atoms with E-state index in [0.717, 1.165) is 34.9 Å². The Morgan fingerprint density at radius 3 is 2.42 bits per heavy atom. The standard InChI is InChI=1S/C20H24N4OS/c1-6-19-21-20(23-22-19)26-11-18(25)17-10-14(4)24(15(17)5)16-8-12(2)7-13(3)9-16/h7-10H,6,11H2,1-5H3,(H,21,22,23). The van der Waals surface area contributed by atoms with Gasteiger partial charge < -0.3 is 4.57 Å². The summed E-state index contributed by atoms with van der Waals surface area (Å²) < 4.78 is 2.15. The minimum Gasteiger partial charge on any atom is -0.318 e. The van der Waals surface area contributed by atoms with Gasteiger partial charge in [-0.3, -0.25) is 9.89 Å². The van der Waals surface area contributed by atoms with E-state index >= 15 is 0 Å². The lowest BCUT2D eigenvalue weighted by molar-refractivity contribution is 0.102. The number of aromatic amines is 1. The second kappa shape index (κ2) is 7.50. The van der Waals surface area contributed by atoms with Crippen LogP contribution in [0, 0.1) is 27.7 Å². The van der Waals surface area contributed by atoms with Gasteiger partial charge in [-0.1, -0.05) is 24.8 Å². The molecular weight excluding hydrogens is 344 g/mol. The van der Waals surface area contributed by atoms with Crippen molar-refractivity contribution in [3.63, 3.8) is 0 Å². The summed E-state index contributed by atoms with van der Waals surface area (Å²) in [6.45, 7) is 10.2. The van der Waals surface area contributed by atoms with Gasteiger partial charge in [-0.2, -0.15) is 0 Å². The van der Waals surface area contributed by atoms with Gasteiger partial charge in [-0.25, -0.2) is 4.98 Å². The van der Waals surface area contributed by atoms with Gasteiger partial charge in [0.05, 0.1) is 5.75 Å². The first kappa shape index (κ1) is 18.5. The Morgan fingerprint density at radius 1 is 1.12 bits per heavy atom. The van der Waals surface area contributed by atoms with Crippen molar-refractivity contribution in [3.05, 3.63) is 58.2 Å². The molecule has 0 saturated carbocycles. The second-order valence-electron chi connectivity index (χ2n) is 6.60. The highest BCUT2D eigenvalue weighted by molar-refractivity contribution is 7.99. The maximum atomic E-state index is 12.7. The third-order valence-corrected chi connectivity index (χ3v) is 5.22. The summed E-state index contributed by atoms with van der Waals surface area (Å²) in [4.78, 5) is 17.1. The maximum Gasteiger partial charge on any atom is 0.208 e. The van der Waals surface area contributed by atoms with Crippen molar-refractivity contribution in [1.29, 1.82) is 0 Å². The first-order valence-corrected chi connectivity index (χ1v) is 9.72. The third kappa shape index (κ3) is 3.75. The Morgan fingerprint density at radius 2 is 1.81 bits per heavy atom. The second-order valence-corrected chi connectivity index (χ2v) is 7.54. The van der Waals surface area contributed by atoms with Crippen LogP contribution in [0.4, 0.5) is 0 Å². The maximum absolute atomic E-state index is 12.7. The zero-order valence-electron chi connectivity index (χ0n) is 15.9. The average molecular weight is 369 g/mol. The zero-order chi connectivity index (χ0) is 18.8. The number of rotatable bonds is 6. The van der Waals surface area contributed by atoms with E-state index in [2.05, 4.69) is 51.8 Å². The summed E-state index contributed by atoms with van der Waals surface area (Å²) in [6.07, 6.45) is 0.804. The summed E-state index contributed by atoms with van der Waals surface area (Å²) in [7, 11) is 0. The van der Waals surface area contributed by atoms with Crippen molar-refractivity contribution in [3.8, 4) is 5.69 Å². The normalized spacial score (nSPS) is 11.1. The smallest absolute Gasteiger partial charge is 0.208 e. The molecule has 1 N–H and O–H groups in total. The monoisotopic (exact) mass is 368 g/mol. The van der Waals surface area contributed by atoms with E-state index < -0.39 is 0 Å². The molecule has 0 fully saturated rings. The Hall–Kier alpha value is -2.34. The highest BCUT2D eigenvalue weighted by Crippen LogP contribution is 2.24. The molecule has 2 heterocycles. The van der Waals surface area contributed by atoms with Crippen molar-refractivity contribution in [2.45, 2.75) is 46.2 Å². The Labute approximate surface area is 158 Å². The molecule has 136 valence electrons. The summed E-state index contributed by atoms with van der Waals surface area (Å²) >= 11 is 1.37. The van der Waals surface area contributed by atoms with Gasteiger partial charge in [-0.05, 0) is 57.0 Å². The zero-order valence-corrected chi connectivity index (χ0v) is 16.7. The SMILES string of the molecule is CCc1nc(SCC(=O)c2cc(C)n(-c3cc(C)cc(C)c3)c2C)n[nH]1. The van der Waals surface area contributed by atoms with E-state index in [1.807, 2.05) is 26.8 Å². The predicted octanol–water partition coefficient (Wildman–Crippen LogP) is 4.37. The largest absolute Gasteiger partial charge is 0.318 e. The van der Waals surface area contributed by atoms with Gasteiger partial charge in [0, 0.05) is 29.1 Å². The topological polar surface area (TPSA) is 63.6 Å². The quantitative estimate of drug-likeness (QED) is 0.518. The number of aryl methyl sites for hydroxylation is 4. The molecule has 0 bridgehead atoms. The lowest BCUT2D eigenvalue weighted by atomic mass is 10.1. The molecule has 26 heavy (non-hydrogen) atoms. The molecule has 0 radical (unpaired) electrons. The number of carbonyl (C=O) groups excluding carboxylic acids is 1. The van der Waals surface area contributed by atoms with E-state index in [4.69, 9.17) is 0 Å². The molecule has 0 saturated heterocycles. The summed E-state index contributed by atoms with van der Waals surface area (Å²) in [5.74, 6) is 1.27. The van der Waals surface area contributed by atoms with Crippen molar-refractivity contribution < 1.29 is 4.79 Å². The summed E-state index contributed by atoms with van der Waals surface area (Å²) in [6, 6.07) is 8.43. The minimum absolute atomic E-state index is 0.0987. The minimum atomic E-state index is 0.0987. The van der Waals surface area contributed by atoms with E-state index in [-0.39, 0.29) is 5.78 Å². The molecule has 0 amide bonds. The fourth-order valence-corrected chi connectivity index (χ4v) is 3.93. The number of Topliss-reactive ketones (excluding diaryl/α,β-unsaturated/α-hetero) is 1. The molecule has 5 nitrogen and oxygen atoms in total. The van der Waals surface area contributed by atoms with Crippen molar-refractivity contribution in [1.82, 2.24) is 19.7 Å². The van der Waals surface area contributed by atoms with Crippen LogP contribution in [-0.4, -0.2) is 31.3 Å². The molecule has 1 aromatic carbocycles. The Kier molecular flexibility index (Phi) is 5.32. The molecular formula is C20H24N4OS. The summed E-state index contributed by atoms with van der Waals surface area (Å²) in [5, 5.41) is 7.64. The molecule has 2 aromatic heterocycles. The van der Waals surface area contributed by atoms with Crippen LogP contribution in [0.15, 0.2) is 29.4 Å². The van der Waals surface area contributed by atoms with E-state index in [1.165, 1.54) is 22.9 Å². The number of nitrogens with zero attached hydrogens (tertiary/aromatic N) is 3. The van der Waals surface area contributed by atoms with Crippen LogP contribution >= 0.6 is 11.8 Å². The number of benzene rings is 1. The molecule has 6 heteroatoms. The highest BCUT2D eigenvalue weighted by atomic mass is 32.2. The van der Waals surface area contributed by atoms with Gasteiger partial charge in [0.25, 0.3) is 0 Å². The number of aromatic nitrogens is 4. The van der Waals surface area contributed by atoms with E-state index in [0.29, 0.717) is 10.9 Å². The van der Waals surface area contributed by atoms with Crippen LogP contribution in [0.3, 0.4) is 0 Å². The van der Waals surface area contributed by atoms with Crippen molar-refractivity contribution in [2.75, 3.05) is 5.75 Å². The van der Waals surface area contributed by atoms with Gasteiger partial charge in [0.1, 0.15) is 5.82 Å². The molecule has 0 aliphatic rings. The fraction of sp³-hybridized carbons (Fsp3) is 0.350. The number of hydrogen-bond donors (Lipinski definition) is 1. The van der Waals surface area contributed by atoms with Crippen LogP contribution in [0.2, 0.25) is 0 Å². The first-order chi connectivity index (χ1) is 12.4. The Balaban J connectivity index is 1.83. The van der Waals surface area contributed by atoms with Gasteiger partial charge in [0.15, 0.2) is 5.78 Å². The number of ketones is 1. The average Bonchev–Trinajstić information content (AvgIpc) is 3.16. The van der Waals surface area contributed by atoms with Crippen LogP contribution in [0.25, 0.3) is 5.69 Å². The molecule has 0 spiro atoms. The number of thioether (sulfide) groups is 1. The number of carbonyl (C=O) groups is 1. The highest BCUT2D eigenvalue weighted by Gasteiger charge is 2.18. The van der Waals surface area contributed by atoms with Crippen LogP contribution < -0.4 is 0 Å². The van der Waals surface area contributed by atoms with Crippen LogP contribution in [-0.2, 0) is 6.42 Å². The van der Waals surface area contributed by atoms with Gasteiger partial charge in [-0.15, -0.1) is 5.10 Å². The van der Waals surface area contributed by atoms with Gasteiger partial charge >= 0.3 is 0 Å². The van der Waals surface area contributed by atoms with Gasteiger partial charge in [0.2, 0.25) is 5.16 Å². The number of H-pyrrole nitrogens is 1. The number of hydrogen-bond acceptors (Lipinski definition) is 4. The Bertz CT molecular complexity index is 935. The molecule has 3 aromatic rings. The molecule has 0 unspecified atom stereocenters. The van der Waals surface area contributed by atoms with Crippen LogP contribution in [0.1, 0.15) is 45.6 Å². The third-order valence-electron chi connectivity index (χ3n) is 4.37. The first-order valence-electron chi connectivity index (χ1n) is 8.74. The molecule has 0 aliphatic heterocycles. The van der Waals surface area contributed by atoms with Crippen LogP contribution in [0.5, 0.6) is 0 Å². The van der Waals surface area contributed by atoms with E-state index in [1.54, 1.807) is 0 Å². The molecule has 0 atom stereocenters. The molecule has 3 rings (SSSR count). The van der Waals surface area contributed by atoms with Crippen molar-refractivity contribution >= 4 is 17.5 Å². The predicted molar refractivity (Wildman–Crippen MR) is 106 cm³/mol. The summed E-state index contributed by atoms with van der Waals surface area (Å²) in [5.41, 5.74) is 6.33. The lowest BCUT2D eigenvalue weighted by Crippen LogP contribution is -2.06. The molecule has 0 aliphatic carbocycles. The fourth-order valence-electron chi connectivity index (χ4n) is 3.23.